The van der Waals surface area contributed by atoms with E-state index in [0.29, 0.717) is 17.3 Å². The summed E-state index contributed by atoms with van der Waals surface area (Å²) in [5, 5.41) is 3.11. The van der Waals surface area contributed by atoms with Crippen LogP contribution in [0.1, 0.15) is 27.8 Å². The van der Waals surface area contributed by atoms with E-state index in [1.165, 1.54) is 0 Å². The van der Waals surface area contributed by atoms with Gasteiger partial charge in [-0.05, 0) is 73.7 Å². The Morgan fingerprint density at radius 1 is 0.750 bits per heavy atom. The van der Waals surface area contributed by atoms with Gasteiger partial charge in [0.1, 0.15) is 17.3 Å². The maximum atomic E-state index is 14.5. The van der Waals surface area contributed by atoms with Gasteiger partial charge in [0.25, 0.3) is 11.8 Å². The number of anilines is 2. The molecule has 0 unspecified atom stereocenters. The van der Waals surface area contributed by atoms with Gasteiger partial charge >= 0.3 is 0 Å². The highest BCUT2D eigenvalue weighted by molar-refractivity contribution is 6.46. The van der Waals surface area contributed by atoms with E-state index in [-0.39, 0.29) is 17.0 Å². The number of hydrogen-bond acceptors (Lipinski definition) is 3. The third kappa shape index (κ3) is 3.68. The Morgan fingerprint density at radius 2 is 1.47 bits per heavy atom. The Balaban J connectivity index is 1.89. The van der Waals surface area contributed by atoms with E-state index in [2.05, 4.69) is 5.32 Å². The summed E-state index contributed by atoms with van der Waals surface area (Å²) in [5.41, 5.74) is 4.97. The molecule has 6 heteroatoms. The molecule has 0 saturated carbocycles. The molecule has 1 aliphatic heterocycles. The normalized spacial score (nSPS) is 13.9. The van der Waals surface area contributed by atoms with Gasteiger partial charge in [0.15, 0.2) is 0 Å². The first-order chi connectivity index (χ1) is 15.2. The summed E-state index contributed by atoms with van der Waals surface area (Å²) >= 11 is 0. The third-order valence-electron chi connectivity index (χ3n) is 5.68. The van der Waals surface area contributed by atoms with Crippen molar-refractivity contribution in [1.82, 2.24) is 0 Å². The fourth-order valence-electron chi connectivity index (χ4n) is 3.70. The summed E-state index contributed by atoms with van der Waals surface area (Å²) in [4.78, 5) is 27.6. The van der Waals surface area contributed by atoms with Crippen LogP contribution in [0.5, 0.6) is 0 Å². The van der Waals surface area contributed by atoms with Crippen molar-refractivity contribution in [2.75, 3.05) is 10.2 Å². The van der Waals surface area contributed by atoms with Gasteiger partial charge in [0.2, 0.25) is 0 Å². The van der Waals surface area contributed by atoms with Gasteiger partial charge in [-0.25, -0.2) is 13.7 Å². The Hall–Kier alpha value is -3.80. The fourth-order valence-corrected chi connectivity index (χ4v) is 3.70. The number of imide groups is 1. The molecule has 0 spiro atoms. The van der Waals surface area contributed by atoms with Crippen molar-refractivity contribution in [3.8, 4) is 0 Å². The largest absolute Gasteiger partial charge is 0.350 e. The topological polar surface area (TPSA) is 49.4 Å². The van der Waals surface area contributed by atoms with E-state index >= 15 is 0 Å². The highest BCUT2D eigenvalue weighted by Gasteiger charge is 2.41. The Morgan fingerprint density at radius 3 is 2.16 bits per heavy atom. The van der Waals surface area contributed by atoms with Crippen LogP contribution in [0.15, 0.2) is 60.3 Å². The molecule has 3 aromatic rings. The molecule has 3 aromatic carbocycles. The van der Waals surface area contributed by atoms with E-state index in [0.717, 1.165) is 39.3 Å². The molecule has 0 aliphatic carbocycles. The first-order valence-electron chi connectivity index (χ1n) is 10.2. The SMILES string of the molecule is Cc1ccc(C)c(NC2=C(c3ccc(C)c(C)c3)C(=O)N(c3ccc(F)cc3F)C2=O)c1. The van der Waals surface area contributed by atoms with E-state index in [4.69, 9.17) is 0 Å². The molecule has 0 bridgehead atoms. The van der Waals surface area contributed by atoms with Gasteiger partial charge in [-0.2, -0.15) is 0 Å². The molecule has 4 rings (SSSR count). The van der Waals surface area contributed by atoms with Crippen molar-refractivity contribution in [2.45, 2.75) is 27.7 Å². The van der Waals surface area contributed by atoms with Crippen LogP contribution in [0.3, 0.4) is 0 Å². The van der Waals surface area contributed by atoms with Crippen molar-refractivity contribution in [3.63, 3.8) is 0 Å². The standard InChI is InChI=1S/C26H22F2N2O2/c1-14-5-6-16(3)21(11-14)29-24-23(18-8-7-15(2)17(4)12-18)25(31)30(26(24)32)22-10-9-19(27)13-20(22)28/h5-13,29H,1-4H3. The van der Waals surface area contributed by atoms with Gasteiger partial charge < -0.3 is 5.32 Å². The summed E-state index contributed by atoms with van der Waals surface area (Å²) < 4.78 is 28.0. The van der Waals surface area contributed by atoms with E-state index in [1.807, 2.05) is 58.0 Å². The first kappa shape index (κ1) is 21.4. The molecule has 4 nitrogen and oxygen atoms in total. The number of carbonyl (C=O) groups is 2. The summed E-state index contributed by atoms with van der Waals surface area (Å²) in [7, 11) is 0. The lowest BCUT2D eigenvalue weighted by atomic mass is 9.99. The van der Waals surface area contributed by atoms with Crippen LogP contribution in [-0.2, 0) is 9.59 Å². The molecule has 1 heterocycles. The highest BCUT2D eigenvalue weighted by Crippen LogP contribution is 2.36. The zero-order chi connectivity index (χ0) is 23.2. The number of nitrogens with zero attached hydrogens (tertiary/aromatic N) is 1. The minimum atomic E-state index is -0.987. The van der Waals surface area contributed by atoms with Gasteiger partial charge in [-0.1, -0.05) is 30.3 Å². The molecule has 2 amide bonds. The molecule has 162 valence electrons. The smallest absolute Gasteiger partial charge is 0.282 e. The lowest BCUT2D eigenvalue weighted by Gasteiger charge is -2.16. The summed E-state index contributed by atoms with van der Waals surface area (Å²) in [6, 6.07) is 14.0. The van der Waals surface area contributed by atoms with Crippen LogP contribution in [0.2, 0.25) is 0 Å². The quantitative estimate of drug-likeness (QED) is 0.547. The van der Waals surface area contributed by atoms with E-state index in [1.54, 1.807) is 6.07 Å². The van der Waals surface area contributed by atoms with E-state index < -0.39 is 23.4 Å². The second-order valence-corrected chi connectivity index (χ2v) is 8.03. The van der Waals surface area contributed by atoms with Crippen LogP contribution in [0, 0.1) is 39.3 Å². The summed E-state index contributed by atoms with van der Waals surface area (Å²) in [6.45, 7) is 7.67. The Kier molecular flexibility index (Phi) is 5.38. The van der Waals surface area contributed by atoms with Crippen LogP contribution in [0.4, 0.5) is 20.2 Å². The Bertz CT molecular complexity index is 1310. The average Bonchev–Trinajstić information content (AvgIpc) is 2.97. The van der Waals surface area contributed by atoms with Crippen molar-refractivity contribution in [1.29, 1.82) is 0 Å². The first-order valence-corrected chi connectivity index (χ1v) is 10.2. The van der Waals surface area contributed by atoms with Gasteiger partial charge in [-0.3, -0.25) is 9.59 Å². The zero-order valence-corrected chi connectivity index (χ0v) is 18.2. The van der Waals surface area contributed by atoms with Crippen LogP contribution in [-0.4, -0.2) is 11.8 Å². The molecular formula is C26H22F2N2O2. The lowest BCUT2D eigenvalue weighted by Crippen LogP contribution is -2.33. The molecular weight excluding hydrogens is 410 g/mol. The predicted molar refractivity (Wildman–Crippen MR) is 121 cm³/mol. The average molecular weight is 432 g/mol. The zero-order valence-electron chi connectivity index (χ0n) is 18.2. The Labute approximate surface area is 185 Å². The molecule has 0 aromatic heterocycles. The maximum Gasteiger partial charge on any atom is 0.282 e. The molecule has 32 heavy (non-hydrogen) atoms. The number of rotatable bonds is 4. The number of nitrogens with one attached hydrogen (secondary N) is 1. The van der Waals surface area contributed by atoms with Crippen LogP contribution >= 0.6 is 0 Å². The van der Waals surface area contributed by atoms with Crippen molar-refractivity contribution < 1.29 is 18.4 Å². The van der Waals surface area contributed by atoms with Crippen LogP contribution < -0.4 is 10.2 Å². The number of halogens is 2. The van der Waals surface area contributed by atoms with Crippen molar-refractivity contribution in [3.05, 3.63) is 99.7 Å². The highest BCUT2D eigenvalue weighted by atomic mass is 19.1. The maximum absolute atomic E-state index is 14.5. The van der Waals surface area contributed by atoms with Gasteiger partial charge in [-0.15, -0.1) is 0 Å². The minimum absolute atomic E-state index is 0.0516. The molecule has 1 N–H and O–H groups in total. The van der Waals surface area contributed by atoms with Crippen molar-refractivity contribution >= 4 is 28.8 Å². The molecule has 0 atom stereocenters. The second-order valence-electron chi connectivity index (χ2n) is 8.03. The predicted octanol–water partition coefficient (Wildman–Crippen LogP) is 5.60. The number of benzene rings is 3. The molecule has 0 saturated heterocycles. The third-order valence-corrected chi connectivity index (χ3v) is 5.68. The van der Waals surface area contributed by atoms with Gasteiger partial charge in [0.05, 0.1) is 11.3 Å². The lowest BCUT2D eigenvalue weighted by molar-refractivity contribution is -0.120. The minimum Gasteiger partial charge on any atom is -0.350 e. The molecule has 1 aliphatic rings. The van der Waals surface area contributed by atoms with Gasteiger partial charge in [0, 0.05) is 11.8 Å². The molecule has 0 radical (unpaired) electrons. The monoisotopic (exact) mass is 432 g/mol. The summed E-state index contributed by atoms with van der Waals surface area (Å²) in [5.74, 6) is -3.15. The summed E-state index contributed by atoms with van der Waals surface area (Å²) in [6.07, 6.45) is 0. The number of aryl methyl sites for hydroxylation is 4. The number of carbonyl (C=O) groups excluding carboxylic acids is 2. The molecule has 0 fully saturated rings. The van der Waals surface area contributed by atoms with Crippen molar-refractivity contribution in [2.24, 2.45) is 0 Å². The number of hydrogen-bond donors (Lipinski definition) is 1. The van der Waals surface area contributed by atoms with Crippen LogP contribution in [0.25, 0.3) is 5.57 Å². The second kappa shape index (κ2) is 8.04. The number of amides is 2. The van der Waals surface area contributed by atoms with E-state index in [9.17, 15) is 18.4 Å². The fraction of sp³-hybridized carbons (Fsp3) is 0.154.